The second-order valence-electron chi connectivity index (χ2n) is 11.6. The summed E-state index contributed by atoms with van der Waals surface area (Å²) in [6.45, 7) is 7.94. The van der Waals surface area contributed by atoms with Crippen LogP contribution in [0.15, 0.2) is 79.9 Å². The number of para-hydroxylation sites is 1. The average Bonchev–Trinajstić information content (AvgIpc) is 3.75. The van der Waals surface area contributed by atoms with Gasteiger partial charge < -0.3 is 19.8 Å². The zero-order chi connectivity index (χ0) is 31.2. The Morgan fingerprint density at radius 3 is 2.55 bits per heavy atom. The Morgan fingerprint density at radius 2 is 1.84 bits per heavy atom. The van der Waals surface area contributed by atoms with Gasteiger partial charge in [0.05, 0.1) is 34.7 Å². The lowest BCUT2D eigenvalue weighted by molar-refractivity contribution is -0.147. The molecule has 3 aliphatic heterocycles. The van der Waals surface area contributed by atoms with Crippen molar-refractivity contribution in [3.05, 3.63) is 85.5 Å². The molecule has 3 fully saturated rings. The summed E-state index contributed by atoms with van der Waals surface area (Å²) in [5, 5.41) is 19.2. The zero-order valence-corrected chi connectivity index (χ0v) is 26.8. The van der Waals surface area contributed by atoms with Gasteiger partial charge in [-0.2, -0.15) is 0 Å². The third kappa shape index (κ3) is 4.78. The lowest BCUT2D eigenvalue weighted by atomic mass is 9.70. The van der Waals surface area contributed by atoms with E-state index < -0.39 is 28.7 Å². The zero-order valence-electron chi connectivity index (χ0n) is 24.4. The Kier molecular flexibility index (Phi) is 8.42. The molecule has 3 unspecified atom stereocenters. The number of aliphatic hydroxyl groups is 1. The molecule has 3 aliphatic rings. The minimum atomic E-state index is -0.940. The van der Waals surface area contributed by atoms with Crippen molar-refractivity contribution in [2.24, 2.45) is 11.8 Å². The van der Waals surface area contributed by atoms with Crippen molar-refractivity contribution in [2.45, 2.75) is 40.0 Å². The van der Waals surface area contributed by atoms with Crippen LogP contribution in [0.2, 0.25) is 0 Å². The van der Waals surface area contributed by atoms with Gasteiger partial charge in [0.25, 0.3) is 0 Å². The van der Waals surface area contributed by atoms with E-state index in [1.807, 2.05) is 54.6 Å². The van der Waals surface area contributed by atoms with Gasteiger partial charge in [0, 0.05) is 30.2 Å². The maximum atomic E-state index is 15.0. The molecular weight excluding hydrogens is 644 g/mol. The minimum Gasteiger partial charge on any atom is -0.394 e. The van der Waals surface area contributed by atoms with Crippen molar-refractivity contribution in [1.29, 1.82) is 0 Å². The maximum absolute atomic E-state index is 15.0. The van der Waals surface area contributed by atoms with Crippen LogP contribution in [0.1, 0.15) is 18.0 Å². The fraction of sp³-hybridized carbons (Fsp3) is 0.406. The number of alkyl halides is 1. The molecule has 3 saturated heterocycles. The first kappa shape index (κ1) is 30.5. The molecular formula is C32H35BrN6O4S. The molecule has 0 aliphatic carbocycles. The quantitative estimate of drug-likeness (QED) is 0.245. The van der Waals surface area contributed by atoms with Gasteiger partial charge in [-0.3, -0.25) is 14.4 Å². The van der Waals surface area contributed by atoms with Gasteiger partial charge in [0.15, 0.2) is 0 Å². The molecule has 44 heavy (non-hydrogen) atoms. The number of halogens is 1. The third-order valence-electron chi connectivity index (χ3n) is 9.10. The van der Waals surface area contributed by atoms with Crippen LogP contribution in [0, 0.1) is 11.8 Å². The third-order valence-corrected chi connectivity index (χ3v) is 12.3. The highest BCUT2D eigenvalue weighted by atomic mass is 79.9. The lowest BCUT2D eigenvalue weighted by Crippen LogP contribution is -2.56. The fourth-order valence-corrected chi connectivity index (χ4v) is 10.8. The summed E-state index contributed by atoms with van der Waals surface area (Å²) >= 11 is 5.40. The molecule has 1 aromatic heterocycles. The number of hydrogen-bond donors (Lipinski definition) is 1. The van der Waals surface area contributed by atoms with E-state index in [0.29, 0.717) is 18.5 Å². The lowest BCUT2D eigenvalue weighted by Gasteiger charge is -2.40. The largest absolute Gasteiger partial charge is 0.394 e. The fourth-order valence-electron chi connectivity index (χ4n) is 7.26. The number of amides is 3. The van der Waals surface area contributed by atoms with Crippen molar-refractivity contribution in [2.75, 3.05) is 26.7 Å². The highest BCUT2D eigenvalue weighted by Gasteiger charge is 2.76. The first-order valence-corrected chi connectivity index (χ1v) is 16.4. The van der Waals surface area contributed by atoms with Crippen LogP contribution in [0.25, 0.3) is 11.0 Å². The predicted molar refractivity (Wildman–Crippen MR) is 173 cm³/mol. The number of hydrogen-bond acceptors (Lipinski definition) is 7. The van der Waals surface area contributed by atoms with E-state index in [9.17, 15) is 19.5 Å². The summed E-state index contributed by atoms with van der Waals surface area (Å²) in [5.41, 5.74) is 2.20. The molecule has 1 N–H and O–H groups in total. The van der Waals surface area contributed by atoms with Crippen LogP contribution in [-0.2, 0) is 21.1 Å². The minimum absolute atomic E-state index is 0.0747. The number of nitrogens with zero attached hydrogens (tertiary/aromatic N) is 6. The molecule has 7 atom stereocenters. The molecule has 3 amide bonds. The number of thioether (sulfide) groups is 1. The molecule has 6 rings (SSSR count). The van der Waals surface area contributed by atoms with E-state index in [-0.39, 0.29) is 47.6 Å². The van der Waals surface area contributed by atoms with Gasteiger partial charge in [0.2, 0.25) is 17.7 Å². The summed E-state index contributed by atoms with van der Waals surface area (Å²) in [6, 6.07) is 15.1. The highest BCUT2D eigenvalue weighted by molar-refractivity contribution is 9.09. The van der Waals surface area contributed by atoms with Crippen LogP contribution in [0.4, 0.5) is 0 Å². The van der Waals surface area contributed by atoms with E-state index >= 15 is 0 Å². The Balaban J connectivity index is 1.46. The van der Waals surface area contributed by atoms with Crippen LogP contribution in [0.5, 0.6) is 0 Å². The van der Waals surface area contributed by atoms with Crippen molar-refractivity contribution in [1.82, 2.24) is 29.7 Å². The SMILES string of the molecule is C=CCN(C)C(=O)[C@H]1[C@@H]2SC3(CC2Br)C(C(=O)N(CC=C)Cn2nnc4ccccc42)N([C@H](CO)c2ccccc2)C(=O)[C@H]13. The van der Waals surface area contributed by atoms with Gasteiger partial charge in [-0.15, -0.1) is 30.0 Å². The van der Waals surface area contributed by atoms with Crippen molar-refractivity contribution < 1.29 is 19.5 Å². The first-order valence-electron chi connectivity index (χ1n) is 14.6. The van der Waals surface area contributed by atoms with Crippen molar-refractivity contribution in [3.63, 3.8) is 0 Å². The normalized spacial score (nSPS) is 27.8. The Morgan fingerprint density at radius 1 is 1.14 bits per heavy atom. The number of carbonyl (C=O) groups excluding carboxylic acids is 3. The molecule has 2 aromatic carbocycles. The van der Waals surface area contributed by atoms with E-state index in [1.54, 1.807) is 50.3 Å². The molecule has 2 bridgehead atoms. The number of rotatable bonds is 11. The molecule has 0 saturated carbocycles. The van der Waals surface area contributed by atoms with Crippen LogP contribution in [0.3, 0.4) is 0 Å². The van der Waals surface area contributed by atoms with Gasteiger partial charge in [-0.25, -0.2) is 4.68 Å². The summed E-state index contributed by atoms with van der Waals surface area (Å²) < 4.78 is 0.783. The van der Waals surface area contributed by atoms with E-state index in [1.165, 1.54) is 0 Å². The average molecular weight is 680 g/mol. The Labute approximate surface area is 268 Å². The molecule has 3 aromatic rings. The van der Waals surface area contributed by atoms with E-state index in [4.69, 9.17) is 0 Å². The molecule has 0 radical (unpaired) electrons. The summed E-state index contributed by atoms with van der Waals surface area (Å²) in [7, 11) is 1.71. The van der Waals surface area contributed by atoms with Gasteiger partial charge in [-0.05, 0) is 24.1 Å². The number of likely N-dealkylation sites (N-methyl/N-ethyl adjacent to an activating group) is 1. The van der Waals surface area contributed by atoms with Gasteiger partial charge >= 0.3 is 0 Å². The number of aliphatic hydroxyl groups excluding tert-OH is 1. The maximum Gasteiger partial charge on any atom is 0.248 e. The molecule has 1 spiro atoms. The number of likely N-dealkylation sites (tertiary alicyclic amines) is 1. The highest BCUT2D eigenvalue weighted by Crippen LogP contribution is 2.68. The van der Waals surface area contributed by atoms with Gasteiger partial charge in [-0.1, -0.05) is 75.8 Å². The number of fused-ring (bicyclic) bond motifs is 2. The summed E-state index contributed by atoms with van der Waals surface area (Å²) in [6.07, 6.45) is 3.84. The van der Waals surface area contributed by atoms with Gasteiger partial charge in [0.1, 0.15) is 18.2 Å². The first-order chi connectivity index (χ1) is 21.3. The molecule has 10 nitrogen and oxygen atoms in total. The molecule has 230 valence electrons. The smallest absolute Gasteiger partial charge is 0.248 e. The van der Waals surface area contributed by atoms with Crippen molar-refractivity contribution in [3.8, 4) is 0 Å². The monoisotopic (exact) mass is 678 g/mol. The Hall–Kier alpha value is -3.48. The Bertz CT molecular complexity index is 1600. The second-order valence-corrected chi connectivity index (χ2v) is 14.3. The second kappa shape index (κ2) is 12.1. The van der Waals surface area contributed by atoms with E-state index in [0.717, 1.165) is 11.1 Å². The predicted octanol–water partition coefficient (Wildman–Crippen LogP) is 3.25. The van der Waals surface area contributed by atoms with Crippen LogP contribution < -0.4 is 0 Å². The van der Waals surface area contributed by atoms with E-state index in [2.05, 4.69) is 39.4 Å². The summed E-state index contributed by atoms with van der Waals surface area (Å²) in [4.78, 5) is 48.3. The number of carbonyl (C=O) groups is 3. The number of aromatic nitrogens is 3. The number of benzene rings is 2. The molecule has 4 heterocycles. The topological polar surface area (TPSA) is 112 Å². The van der Waals surface area contributed by atoms with Crippen molar-refractivity contribution >= 4 is 56.4 Å². The van der Waals surface area contributed by atoms with Crippen LogP contribution in [-0.4, -0.2) is 100 Å². The summed E-state index contributed by atoms with van der Waals surface area (Å²) in [5.74, 6) is -2.06. The molecule has 12 heteroatoms. The standard InChI is InChI=1S/C32H35BrN6O4S/c1-4-15-36(3)29(41)25-26-30(42)39(24(18-40)20-11-7-6-8-12-20)28(32(26)17-21(33)27(25)44-32)31(43)37(16-5-2)19-38-23-14-10-9-13-22(23)34-35-38/h4-14,21,24-28,40H,1-2,15-19H2,3H3/t21?,24-,25-,26+,27-,28?,32?/m1/s1. The van der Waals surface area contributed by atoms with Crippen LogP contribution >= 0.6 is 27.7 Å².